The molecular formula is C47H68N14O16. The number of likely N-dealkylation sites (tertiary alicyclic amines) is 3. The topological polar surface area (TPSA) is 495 Å². The highest BCUT2D eigenvalue weighted by Gasteiger charge is 2.45. The van der Waals surface area contributed by atoms with E-state index in [2.05, 4.69) is 26.3 Å². The van der Waals surface area contributed by atoms with Gasteiger partial charge in [0.25, 0.3) is 0 Å². The van der Waals surface area contributed by atoms with Crippen molar-refractivity contribution in [3.05, 3.63) is 35.9 Å². The maximum Gasteiger partial charge on any atom is 0.326 e. The maximum absolute atomic E-state index is 14.4. The SMILES string of the molecule is NC(=O)CC[C@H](NC(=O)[C@@H]1CCCN1C(=O)[C@@H](N)CCCN=C(N)N)C(=O)N[C@@H](Cc1ccccc1)C(=O)N[C@@H](CC(=O)O)C(=O)N1CCC[C@H]1C(=O)N1CCC[C@H]1C(=O)N[C@@H](CC(N)=O)C(=O)N[C@@H](CC(=O)O)C(=O)O. The van der Waals surface area contributed by atoms with Gasteiger partial charge in [-0.15, -0.1) is 0 Å². The van der Waals surface area contributed by atoms with E-state index in [0.717, 1.165) is 9.80 Å². The molecule has 0 unspecified atom stereocenters. The Morgan fingerprint density at radius 1 is 0.558 bits per heavy atom. The van der Waals surface area contributed by atoms with Crippen LogP contribution in [0.3, 0.4) is 0 Å². The van der Waals surface area contributed by atoms with Gasteiger partial charge in [-0.1, -0.05) is 30.3 Å². The van der Waals surface area contributed by atoms with Gasteiger partial charge in [0.1, 0.15) is 48.3 Å². The van der Waals surface area contributed by atoms with Gasteiger partial charge in [0, 0.05) is 39.0 Å². The number of carboxylic acids is 3. The smallest absolute Gasteiger partial charge is 0.326 e. The number of primary amides is 2. The standard InChI is InChI=1S/C47H68N14O16/c48-25(10-4-16-53-47(51)52)43(73)59-17-5-11-31(59)41(71)54-26(14-15-34(49)62)38(68)55-27(20-24-8-2-1-3-9-24)39(69)57-29(22-36(64)65)44(74)61-19-7-13-33(61)45(75)60-18-6-12-32(60)42(72)56-28(21-35(50)63)40(70)58-30(46(76)77)23-37(66)67/h1-3,8-9,25-33H,4-7,10-23,48H2,(H2,49,62)(H2,50,63)(H,54,71)(H,55,68)(H,56,72)(H,57,69)(H,58,70)(H,64,65)(H,66,67)(H,76,77)(H4,51,52,53)/t25-,26-,27-,28-,29-,30-,31-,32-,33-/m0/s1. The maximum atomic E-state index is 14.4. The minimum atomic E-state index is -1.95. The van der Waals surface area contributed by atoms with Gasteiger partial charge in [-0.05, 0) is 63.4 Å². The van der Waals surface area contributed by atoms with Crippen molar-refractivity contribution < 1.29 is 77.6 Å². The van der Waals surface area contributed by atoms with Gasteiger partial charge in [0.05, 0.1) is 25.3 Å². The van der Waals surface area contributed by atoms with Gasteiger partial charge in [0.2, 0.25) is 59.1 Å². The number of carbonyl (C=O) groups is 13. The highest BCUT2D eigenvalue weighted by Crippen LogP contribution is 2.27. The lowest BCUT2D eigenvalue weighted by Gasteiger charge is -2.33. The number of carbonyl (C=O) groups excluding carboxylic acids is 10. The van der Waals surface area contributed by atoms with Crippen molar-refractivity contribution in [1.82, 2.24) is 41.3 Å². The number of hydrogen-bond acceptors (Lipinski definition) is 15. The number of rotatable bonds is 29. The molecule has 0 aliphatic carbocycles. The number of amides is 10. The van der Waals surface area contributed by atoms with Gasteiger partial charge < -0.3 is 85.3 Å². The van der Waals surface area contributed by atoms with Crippen LogP contribution in [0.25, 0.3) is 0 Å². The monoisotopic (exact) mass is 1080 g/mol. The molecule has 0 aromatic heterocycles. The van der Waals surface area contributed by atoms with E-state index >= 15 is 0 Å². The highest BCUT2D eigenvalue weighted by atomic mass is 16.4. The molecule has 30 heteroatoms. The Morgan fingerprint density at radius 3 is 1.61 bits per heavy atom. The zero-order chi connectivity index (χ0) is 57.1. The average Bonchev–Trinajstić information content (AvgIpc) is 4.17. The Balaban J connectivity index is 1.53. The third kappa shape index (κ3) is 18.4. The molecule has 18 N–H and O–H groups in total. The number of guanidine groups is 1. The number of benzene rings is 1. The van der Waals surface area contributed by atoms with Crippen LogP contribution in [-0.4, -0.2) is 194 Å². The zero-order valence-electron chi connectivity index (χ0n) is 42.1. The summed E-state index contributed by atoms with van der Waals surface area (Å²) in [7, 11) is 0. The van der Waals surface area contributed by atoms with Crippen LogP contribution in [-0.2, 0) is 68.7 Å². The Hall–Kier alpha value is -8.44. The number of aliphatic carboxylic acids is 3. The summed E-state index contributed by atoms with van der Waals surface area (Å²) >= 11 is 0. The van der Waals surface area contributed by atoms with Crippen LogP contribution < -0.4 is 55.3 Å². The lowest BCUT2D eigenvalue weighted by atomic mass is 10.0. The summed E-state index contributed by atoms with van der Waals surface area (Å²) in [4.78, 5) is 178. The number of nitrogens with one attached hydrogen (secondary N) is 5. The van der Waals surface area contributed by atoms with E-state index in [1.807, 2.05) is 5.32 Å². The summed E-state index contributed by atoms with van der Waals surface area (Å²) in [6.45, 7) is 0.252. The first-order chi connectivity index (χ1) is 36.4. The molecule has 422 valence electrons. The quantitative estimate of drug-likeness (QED) is 0.0202. The summed E-state index contributed by atoms with van der Waals surface area (Å²) < 4.78 is 0. The summed E-state index contributed by atoms with van der Waals surface area (Å²) in [6.07, 6.45) is -2.21. The van der Waals surface area contributed by atoms with Crippen LogP contribution in [0.4, 0.5) is 0 Å². The molecule has 9 atom stereocenters. The Morgan fingerprint density at radius 2 is 1.05 bits per heavy atom. The summed E-state index contributed by atoms with van der Waals surface area (Å²) in [5, 5.41) is 40.2. The molecule has 3 aliphatic rings. The molecule has 0 saturated carbocycles. The molecule has 1 aromatic rings. The number of nitrogens with zero attached hydrogens (tertiary/aromatic N) is 4. The van der Waals surface area contributed by atoms with Crippen LogP contribution >= 0.6 is 0 Å². The van der Waals surface area contributed by atoms with E-state index in [1.54, 1.807) is 30.3 Å². The van der Waals surface area contributed by atoms with Crippen molar-refractivity contribution in [1.29, 1.82) is 0 Å². The van der Waals surface area contributed by atoms with Crippen LogP contribution in [0.5, 0.6) is 0 Å². The van der Waals surface area contributed by atoms with E-state index in [9.17, 15) is 72.5 Å². The van der Waals surface area contributed by atoms with Gasteiger partial charge >= 0.3 is 17.9 Å². The predicted molar refractivity (Wildman–Crippen MR) is 266 cm³/mol. The van der Waals surface area contributed by atoms with E-state index < -0.39 is 157 Å². The Bertz CT molecular complexity index is 2420. The van der Waals surface area contributed by atoms with Crippen molar-refractivity contribution in [2.75, 3.05) is 26.2 Å². The second-order valence-electron chi connectivity index (χ2n) is 18.8. The summed E-state index contributed by atoms with van der Waals surface area (Å²) in [5.74, 6) is -14.2. The molecule has 1 aromatic carbocycles. The first-order valence-corrected chi connectivity index (χ1v) is 24.9. The minimum Gasteiger partial charge on any atom is -0.481 e. The fourth-order valence-electron chi connectivity index (χ4n) is 9.27. The average molecular weight is 1090 g/mol. The van der Waals surface area contributed by atoms with Crippen LogP contribution in [0.15, 0.2) is 35.3 Å². The lowest BCUT2D eigenvalue weighted by molar-refractivity contribution is -0.150. The highest BCUT2D eigenvalue weighted by molar-refractivity contribution is 6.00. The molecule has 10 amide bonds. The second kappa shape index (κ2) is 29.0. The molecule has 30 nitrogen and oxygen atoms in total. The molecule has 3 heterocycles. The number of aliphatic imine (C=N–C) groups is 1. The van der Waals surface area contributed by atoms with Gasteiger partial charge in [0.15, 0.2) is 5.96 Å². The Kier molecular flexibility index (Phi) is 23.0. The lowest BCUT2D eigenvalue weighted by Crippen LogP contribution is -2.60. The largest absolute Gasteiger partial charge is 0.481 e. The van der Waals surface area contributed by atoms with Crippen molar-refractivity contribution in [3.8, 4) is 0 Å². The number of nitrogens with two attached hydrogens (primary N) is 5. The second-order valence-corrected chi connectivity index (χ2v) is 18.8. The molecule has 77 heavy (non-hydrogen) atoms. The third-order valence-corrected chi connectivity index (χ3v) is 13.0. The Labute approximate surface area is 440 Å². The van der Waals surface area contributed by atoms with Crippen molar-refractivity contribution in [2.24, 2.45) is 33.7 Å². The molecule has 3 saturated heterocycles. The summed E-state index contributed by atoms with van der Waals surface area (Å²) in [6, 6.07) is -5.16. The van der Waals surface area contributed by atoms with E-state index in [-0.39, 0.29) is 83.5 Å². The minimum absolute atomic E-state index is 0.0241. The van der Waals surface area contributed by atoms with Crippen LogP contribution in [0, 0.1) is 0 Å². The van der Waals surface area contributed by atoms with Crippen LogP contribution in [0.1, 0.15) is 89.0 Å². The first-order valence-electron chi connectivity index (χ1n) is 24.9. The van der Waals surface area contributed by atoms with Gasteiger partial charge in [-0.2, -0.15) is 0 Å². The molecule has 0 spiro atoms. The fraction of sp³-hybridized carbons (Fsp3) is 0.574. The molecule has 0 radical (unpaired) electrons. The third-order valence-electron chi connectivity index (χ3n) is 13.0. The van der Waals surface area contributed by atoms with Crippen LogP contribution in [0.2, 0.25) is 0 Å². The normalized spacial score (nSPS) is 19.2. The van der Waals surface area contributed by atoms with E-state index in [1.165, 1.54) is 4.90 Å². The first kappa shape index (κ1) is 61.1. The molecule has 0 bridgehead atoms. The zero-order valence-corrected chi connectivity index (χ0v) is 42.1. The summed E-state index contributed by atoms with van der Waals surface area (Å²) in [5.41, 5.74) is 28.1. The molecule has 3 fully saturated rings. The van der Waals surface area contributed by atoms with E-state index in [0.29, 0.717) is 18.4 Å². The van der Waals surface area contributed by atoms with E-state index in [4.69, 9.17) is 33.8 Å². The van der Waals surface area contributed by atoms with Gasteiger partial charge in [-0.25, -0.2) is 4.79 Å². The van der Waals surface area contributed by atoms with Gasteiger partial charge in [-0.3, -0.25) is 62.5 Å². The molecule has 4 rings (SSSR count). The molecular weight excluding hydrogens is 1020 g/mol. The fourth-order valence-corrected chi connectivity index (χ4v) is 9.27. The van der Waals surface area contributed by atoms with Crippen molar-refractivity contribution in [2.45, 2.75) is 144 Å². The van der Waals surface area contributed by atoms with Crippen molar-refractivity contribution in [3.63, 3.8) is 0 Å². The number of hydrogen-bond donors (Lipinski definition) is 13. The molecule has 3 aliphatic heterocycles. The van der Waals surface area contributed by atoms with Crippen molar-refractivity contribution >= 4 is 82.9 Å². The predicted octanol–water partition coefficient (Wildman–Crippen LogP) is -5.82. The number of carboxylic acid groups (broad SMARTS) is 3.